The lowest BCUT2D eigenvalue weighted by atomic mass is 10.0. The molecule has 4 nitrogen and oxygen atoms in total. The normalized spacial score (nSPS) is 13.2. The van der Waals surface area contributed by atoms with E-state index in [4.69, 9.17) is 0 Å². The minimum Gasteiger partial charge on any atom is -0.376 e. The highest BCUT2D eigenvalue weighted by Crippen LogP contribution is 2.30. The maximum Gasteiger partial charge on any atom is 0.224 e. The third-order valence-electron chi connectivity index (χ3n) is 4.29. The molecule has 0 saturated carbocycles. The van der Waals surface area contributed by atoms with Gasteiger partial charge >= 0.3 is 0 Å². The monoisotopic (exact) mass is 389 g/mol. The molecule has 0 atom stereocenters. The van der Waals surface area contributed by atoms with Crippen LogP contribution in [0.4, 0.5) is 24.5 Å². The van der Waals surface area contributed by atoms with Crippen molar-refractivity contribution in [3.63, 3.8) is 0 Å². The maximum atomic E-state index is 14.3. The molecule has 2 heterocycles. The predicted molar refractivity (Wildman–Crippen MR) is 98.1 cm³/mol. The summed E-state index contributed by atoms with van der Waals surface area (Å²) in [5.41, 5.74) is 1.67. The fraction of sp³-hybridized carbons (Fsp3) is 0.158. The standard InChI is InChI=1S/C19H14F3N3OS/c20-11-2-1-3-12(21)19(11)16-9-27-18(25-16)8-23-15-6-10-4-5-17(26)24-14(10)7-13(15)22/h1-3,6-7,9,23H,4-5,8H2,(H,24,26). The second-order valence-electron chi connectivity index (χ2n) is 6.11. The van der Waals surface area contributed by atoms with Crippen LogP contribution in [0.25, 0.3) is 11.3 Å². The number of benzene rings is 2. The van der Waals surface area contributed by atoms with E-state index in [1.54, 1.807) is 11.4 Å². The molecule has 0 bridgehead atoms. The number of hydrogen-bond acceptors (Lipinski definition) is 4. The van der Waals surface area contributed by atoms with Gasteiger partial charge in [0.2, 0.25) is 5.91 Å². The number of fused-ring (bicyclic) bond motifs is 1. The van der Waals surface area contributed by atoms with E-state index in [1.165, 1.54) is 35.6 Å². The van der Waals surface area contributed by atoms with Gasteiger partial charge < -0.3 is 10.6 Å². The molecule has 0 saturated heterocycles. The molecule has 27 heavy (non-hydrogen) atoms. The number of thiazole rings is 1. The highest BCUT2D eigenvalue weighted by Gasteiger charge is 2.18. The molecule has 0 spiro atoms. The highest BCUT2D eigenvalue weighted by atomic mass is 32.1. The molecule has 1 aliphatic rings. The number of aryl methyl sites for hydroxylation is 1. The highest BCUT2D eigenvalue weighted by molar-refractivity contribution is 7.10. The van der Waals surface area contributed by atoms with Crippen molar-refractivity contribution in [2.75, 3.05) is 10.6 Å². The van der Waals surface area contributed by atoms with Crippen LogP contribution in [0.3, 0.4) is 0 Å². The SMILES string of the molecule is O=C1CCc2cc(NCc3nc(-c4c(F)cccc4F)cs3)c(F)cc2N1. The minimum absolute atomic E-state index is 0.127. The van der Waals surface area contributed by atoms with E-state index < -0.39 is 17.5 Å². The van der Waals surface area contributed by atoms with Crippen molar-refractivity contribution in [3.8, 4) is 11.3 Å². The molecule has 2 N–H and O–H groups in total. The molecule has 8 heteroatoms. The summed E-state index contributed by atoms with van der Waals surface area (Å²) in [6, 6.07) is 6.60. The Bertz CT molecular complexity index is 1010. The Morgan fingerprint density at radius 1 is 1.11 bits per heavy atom. The Hall–Kier alpha value is -2.87. The third-order valence-corrected chi connectivity index (χ3v) is 5.14. The van der Waals surface area contributed by atoms with Crippen molar-refractivity contribution in [2.45, 2.75) is 19.4 Å². The predicted octanol–water partition coefficient (Wildman–Crippen LogP) is 4.72. The second kappa shape index (κ2) is 7.03. The number of carbonyl (C=O) groups excluding carboxylic acids is 1. The zero-order valence-corrected chi connectivity index (χ0v) is 14.8. The van der Waals surface area contributed by atoms with Gasteiger partial charge in [-0.1, -0.05) is 6.07 Å². The third kappa shape index (κ3) is 3.52. The number of halogens is 3. The summed E-state index contributed by atoms with van der Waals surface area (Å²) in [7, 11) is 0. The molecule has 138 valence electrons. The lowest BCUT2D eigenvalue weighted by molar-refractivity contribution is -0.116. The quantitative estimate of drug-likeness (QED) is 0.679. The molecule has 2 aromatic carbocycles. The van der Waals surface area contributed by atoms with Crippen LogP contribution in [-0.2, 0) is 17.8 Å². The number of rotatable bonds is 4. The summed E-state index contributed by atoms with van der Waals surface area (Å²) in [4.78, 5) is 15.6. The first-order chi connectivity index (χ1) is 13.0. The molecule has 4 rings (SSSR count). The van der Waals surface area contributed by atoms with Gasteiger partial charge in [-0.15, -0.1) is 11.3 Å². The van der Waals surface area contributed by atoms with Crippen LogP contribution >= 0.6 is 11.3 Å². The number of aromatic nitrogens is 1. The first-order valence-corrected chi connectivity index (χ1v) is 9.14. The van der Waals surface area contributed by atoms with Gasteiger partial charge in [0.05, 0.1) is 23.5 Å². The van der Waals surface area contributed by atoms with Gasteiger partial charge in [-0.25, -0.2) is 18.2 Å². The zero-order valence-electron chi connectivity index (χ0n) is 14.0. The van der Waals surface area contributed by atoms with Crippen LogP contribution in [0.1, 0.15) is 17.0 Å². The molecule has 1 aliphatic heterocycles. The molecule has 1 amide bonds. The van der Waals surface area contributed by atoms with Crippen LogP contribution in [-0.4, -0.2) is 10.9 Å². The maximum absolute atomic E-state index is 14.3. The van der Waals surface area contributed by atoms with Crippen LogP contribution in [0.2, 0.25) is 0 Å². The molecule has 0 aliphatic carbocycles. The first kappa shape index (κ1) is 17.5. The number of nitrogens with zero attached hydrogens (tertiary/aromatic N) is 1. The summed E-state index contributed by atoms with van der Waals surface area (Å²) in [5, 5.41) is 7.74. The van der Waals surface area contributed by atoms with Crippen molar-refractivity contribution >= 4 is 28.6 Å². The number of carbonyl (C=O) groups is 1. The van der Waals surface area contributed by atoms with Crippen molar-refractivity contribution in [2.24, 2.45) is 0 Å². The molecular formula is C19H14F3N3OS. The van der Waals surface area contributed by atoms with Crippen LogP contribution in [0.15, 0.2) is 35.7 Å². The van der Waals surface area contributed by atoms with E-state index in [0.29, 0.717) is 29.2 Å². The van der Waals surface area contributed by atoms with E-state index in [0.717, 1.165) is 5.56 Å². The lowest BCUT2D eigenvalue weighted by Gasteiger charge is -2.18. The summed E-state index contributed by atoms with van der Waals surface area (Å²) >= 11 is 1.23. The second-order valence-corrected chi connectivity index (χ2v) is 7.06. The van der Waals surface area contributed by atoms with Gasteiger partial charge in [0.25, 0.3) is 0 Å². The van der Waals surface area contributed by atoms with Crippen molar-refractivity contribution in [3.05, 3.63) is 63.7 Å². The molecule has 3 aromatic rings. The Morgan fingerprint density at radius 2 is 1.89 bits per heavy atom. The summed E-state index contributed by atoms with van der Waals surface area (Å²) in [6.45, 7) is 0.211. The summed E-state index contributed by atoms with van der Waals surface area (Å²) in [6.07, 6.45) is 0.909. The van der Waals surface area contributed by atoms with Gasteiger partial charge in [-0.2, -0.15) is 0 Å². The van der Waals surface area contributed by atoms with Gasteiger partial charge in [-0.3, -0.25) is 4.79 Å². The summed E-state index contributed by atoms with van der Waals surface area (Å²) in [5.74, 6) is -1.98. The molecule has 0 radical (unpaired) electrons. The van der Waals surface area contributed by atoms with Gasteiger partial charge in [0.1, 0.15) is 22.5 Å². The smallest absolute Gasteiger partial charge is 0.224 e. The topological polar surface area (TPSA) is 54.0 Å². The van der Waals surface area contributed by atoms with Crippen molar-refractivity contribution in [1.82, 2.24) is 4.98 Å². The van der Waals surface area contributed by atoms with Gasteiger partial charge in [0.15, 0.2) is 0 Å². The van der Waals surface area contributed by atoms with Crippen LogP contribution in [0.5, 0.6) is 0 Å². The van der Waals surface area contributed by atoms with E-state index in [-0.39, 0.29) is 23.7 Å². The summed E-state index contributed by atoms with van der Waals surface area (Å²) < 4.78 is 42.0. The Kier molecular flexibility index (Phi) is 4.57. The number of nitrogens with one attached hydrogen (secondary N) is 2. The van der Waals surface area contributed by atoms with E-state index in [9.17, 15) is 18.0 Å². The van der Waals surface area contributed by atoms with E-state index >= 15 is 0 Å². The lowest BCUT2D eigenvalue weighted by Crippen LogP contribution is -2.19. The van der Waals surface area contributed by atoms with Gasteiger partial charge in [0, 0.05) is 17.5 Å². The fourth-order valence-electron chi connectivity index (χ4n) is 2.96. The average molecular weight is 389 g/mol. The molecular weight excluding hydrogens is 375 g/mol. The number of amides is 1. The largest absolute Gasteiger partial charge is 0.376 e. The van der Waals surface area contributed by atoms with Crippen molar-refractivity contribution in [1.29, 1.82) is 0 Å². The Morgan fingerprint density at radius 3 is 2.67 bits per heavy atom. The van der Waals surface area contributed by atoms with E-state index in [2.05, 4.69) is 15.6 Å². The minimum atomic E-state index is -0.678. The zero-order chi connectivity index (χ0) is 19.0. The Balaban J connectivity index is 1.52. The Labute approximate surface area is 157 Å². The van der Waals surface area contributed by atoms with Crippen LogP contribution in [0, 0.1) is 17.5 Å². The van der Waals surface area contributed by atoms with Gasteiger partial charge in [-0.05, 0) is 36.2 Å². The molecule has 1 aromatic heterocycles. The first-order valence-electron chi connectivity index (χ1n) is 8.26. The molecule has 0 fully saturated rings. The number of hydrogen-bond donors (Lipinski definition) is 2. The van der Waals surface area contributed by atoms with E-state index in [1.807, 2.05) is 0 Å². The van der Waals surface area contributed by atoms with Crippen molar-refractivity contribution < 1.29 is 18.0 Å². The fourth-order valence-corrected chi connectivity index (χ4v) is 3.68. The van der Waals surface area contributed by atoms with Crippen LogP contribution < -0.4 is 10.6 Å². The molecule has 0 unspecified atom stereocenters. The number of anilines is 2. The average Bonchev–Trinajstić information content (AvgIpc) is 3.08.